The van der Waals surface area contributed by atoms with Gasteiger partial charge in [-0.15, -0.1) is 0 Å². The molecule has 0 atom stereocenters. The molecule has 0 aliphatic rings. The van der Waals surface area contributed by atoms with Crippen LogP contribution in [0.1, 0.15) is 44.2 Å². The number of nitrogens with zero attached hydrogens (tertiary/aromatic N) is 1. The maximum absolute atomic E-state index is 13.6. The van der Waals surface area contributed by atoms with Crippen LogP contribution >= 0.6 is 0 Å². The first kappa shape index (κ1) is 19.6. The standard InChI is InChI=1S/C21H25FN2O2/c1-15(2)18-9-5-7-11-20(18)24(16(3)25)13-12-21(26)23-14-17-8-4-6-10-19(17)22/h4-11,15H,12-14H2,1-3H3,(H,23,26). The van der Waals surface area contributed by atoms with Crippen LogP contribution in [-0.4, -0.2) is 18.4 Å². The minimum atomic E-state index is -0.343. The van der Waals surface area contributed by atoms with Crippen molar-refractivity contribution in [1.29, 1.82) is 0 Å². The largest absolute Gasteiger partial charge is 0.352 e. The SMILES string of the molecule is CC(=O)N(CCC(=O)NCc1ccccc1F)c1ccccc1C(C)C. The van der Waals surface area contributed by atoms with Crippen LogP contribution < -0.4 is 10.2 Å². The van der Waals surface area contributed by atoms with Gasteiger partial charge in [0.25, 0.3) is 0 Å². The zero-order valence-electron chi connectivity index (χ0n) is 15.5. The van der Waals surface area contributed by atoms with E-state index in [1.165, 1.54) is 13.0 Å². The van der Waals surface area contributed by atoms with Crippen molar-refractivity contribution in [2.75, 3.05) is 11.4 Å². The van der Waals surface area contributed by atoms with Gasteiger partial charge in [0.2, 0.25) is 11.8 Å². The first-order valence-electron chi connectivity index (χ1n) is 8.77. The normalized spacial score (nSPS) is 10.7. The zero-order valence-corrected chi connectivity index (χ0v) is 15.5. The molecule has 1 N–H and O–H groups in total. The maximum Gasteiger partial charge on any atom is 0.223 e. The fourth-order valence-corrected chi connectivity index (χ4v) is 2.81. The minimum absolute atomic E-state index is 0.111. The van der Waals surface area contributed by atoms with E-state index in [1.54, 1.807) is 23.1 Å². The van der Waals surface area contributed by atoms with Crippen LogP contribution in [0.25, 0.3) is 0 Å². The Bertz CT molecular complexity index is 774. The van der Waals surface area contributed by atoms with Gasteiger partial charge in [0.05, 0.1) is 0 Å². The highest BCUT2D eigenvalue weighted by atomic mass is 19.1. The zero-order chi connectivity index (χ0) is 19.1. The molecule has 2 rings (SSSR count). The summed E-state index contributed by atoms with van der Waals surface area (Å²) in [6.45, 7) is 6.04. The van der Waals surface area contributed by atoms with E-state index in [-0.39, 0.29) is 43.1 Å². The molecule has 0 heterocycles. The van der Waals surface area contributed by atoms with Gasteiger partial charge < -0.3 is 10.2 Å². The number of rotatable bonds is 7. The van der Waals surface area contributed by atoms with Crippen LogP contribution in [0.4, 0.5) is 10.1 Å². The van der Waals surface area contributed by atoms with Crippen molar-refractivity contribution in [3.8, 4) is 0 Å². The van der Waals surface area contributed by atoms with Crippen molar-refractivity contribution in [2.24, 2.45) is 0 Å². The van der Waals surface area contributed by atoms with Crippen LogP contribution in [0.3, 0.4) is 0 Å². The number of hydrogen-bond acceptors (Lipinski definition) is 2. The Hall–Kier alpha value is -2.69. The lowest BCUT2D eigenvalue weighted by molar-refractivity contribution is -0.121. The third kappa shape index (κ3) is 5.15. The molecule has 0 aliphatic carbocycles. The highest BCUT2D eigenvalue weighted by molar-refractivity contribution is 5.93. The topological polar surface area (TPSA) is 49.4 Å². The van der Waals surface area contributed by atoms with Crippen LogP contribution in [-0.2, 0) is 16.1 Å². The van der Waals surface area contributed by atoms with Crippen molar-refractivity contribution in [3.63, 3.8) is 0 Å². The minimum Gasteiger partial charge on any atom is -0.352 e. The van der Waals surface area contributed by atoms with Gasteiger partial charge in [-0.1, -0.05) is 50.2 Å². The second-order valence-corrected chi connectivity index (χ2v) is 6.50. The summed E-state index contributed by atoms with van der Waals surface area (Å²) in [6, 6.07) is 14.1. The summed E-state index contributed by atoms with van der Waals surface area (Å²) in [7, 11) is 0. The molecule has 0 aliphatic heterocycles. The molecule has 26 heavy (non-hydrogen) atoms. The predicted octanol–water partition coefficient (Wildman–Crippen LogP) is 4.01. The van der Waals surface area contributed by atoms with E-state index in [9.17, 15) is 14.0 Å². The number of carbonyl (C=O) groups excluding carboxylic acids is 2. The molecule has 0 aromatic heterocycles. The van der Waals surface area contributed by atoms with Crippen LogP contribution in [0.2, 0.25) is 0 Å². The first-order valence-corrected chi connectivity index (χ1v) is 8.77. The maximum atomic E-state index is 13.6. The lowest BCUT2D eigenvalue weighted by Gasteiger charge is -2.25. The van der Waals surface area contributed by atoms with Crippen molar-refractivity contribution in [3.05, 3.63) is 65.5 Å². The molecule has 5 heteroatoms. The second-order valence-electron chi connectivity index (χ2n) is 6.50. The average Bonchev–Trinajstić information content (AvgIpc) is 2.61. The highest BCUT2D eigenvalue weighted by Crippen LogP contribution is 2.27. The van der Waals surface area contributed by atoms with E-state index in [0.717, 1.165) is 11.3 Å². The highest BCUT2D eigenvalue weighted by Gasteiger charge is 2.17. The second kappa shape index (κ2) is 9.13. The molecule has 0 spiro atoms. The monoisotopic (exact) mass is 356 g/mol. The quantitative estimate of drug-likeness (QED) is 0.815. The van der Waals surface area contributed by atoms with E-state index >= 15 is 0 Å². The van der Waals surface area contributed by atoms with Gasteiger partial charge in [0.1, 0.15) is 5.82 Å². The molecule has 0 saturated carbocycles. The average molecular weight is 356 g/mol. The summed E-state index contributed by atoms with van der Waals surface area (Å²) < 4.78 is 13.6. The molecule has 0 radical (unpaired) electrons. The molecule has 138 valence electrons. The molecule has 0 fully saturated rings. The molecule has 0 saturated heterocycles. The molecular weight excluding hydrogens is 331 g/mol. The number of anilines is 1. The van der Waals surface area contributed by atoms with E-state index in [4.69, 9.17) is 0 Å². The lowest BCUT2D eigenvalue weighted by atomic mass is 10.0. The van der Waals surface area contributed by atoms with Crippen molar-refractivity contribution in [1.82, 2.24) is 5.32 Å². The number of hydrogen-bond donors (Lipinski definition) is 1. The van der Waals surface area contributed by atoms with Gasteiger partial charge >= 0.3 is 0 Å². The van der Waals surface area contributed by atoms with Gasteiger partial charge in [-0.25, -0.2) is 4.39 Å². The number of nitrogens with one attached hydrogen (secondary N) is 1. The summed E-state index contributed by atoms with van der Waals surface area (Å²) in [4.78, 5) is 25.9. The number of halogens is 1. The predicted molar refractivity (Wildman–Crippen MR) is 101 cm³/mol. The fourth-order valence-electron chi connectivity index (χ4n) is 2.81. The number of para-hydroxylation sites is 1. The Morgan fingerprint density at radius 1 is 1.08 bits per heavy atom. The summed E-state index contributed by atoms with van der Waals surface area (Å²) in [5.74, 6) is -0.409. The van der Waals surface area contributed by atoms with Crippen molar-refractivity contribution >= 4 is 17.5 Å². The Balaban J connectivity index is 2.00. The van der Waals surface area contributed by atoms with E-state index in [1.807, 2.05) is 24.3 Å². The number of carbonyl (C=O) groups is 2. The first-order chi connectivity index (χ1) is 12.4. The Morgan fingerprint density at radius 2 is 1.73 bits per heavy atom. The third-order valence-corrected chi connectivity index (χ3v) is 4.23. The molecule has 0 unspecified atom stereocenters. The van der Waals surface area contributed by atoms with Crippen LogP contribution in [0.5, 0.6) is 0 Å². The fraction of sp³-hybridized carbons (Fsp3) is 0.333. The Morgan fingerprint density at radius 3 is 2.38 bits per heavy atom. The number of amides is 2. The van der Waals surface area contributed by atoms with E-state index < -0.39 is 0 Å². The lowest BCUT2D eigenvalue weighted by Crippen LogP contribution is -2.34. The van der Waals surface area contributed by atoms with Crippen LogP contribution in [0.15, 0.2) is 48.5 Å². The summed E-state index contributed by atoms with van der Waals surface area (Å²) >= 11 is 0. The summed E-state index contributed by atoms with van der Waals surface area (Å²) in [5, 5.41) is 2.71. The van der Waals surface area contributed by atoms with E-state index in [0.29, 0.717) is 5.56 Å². The molecule has 0 bridgehead atoms. The van der Waals surface area contributed by atoms with E-state index in [2.05, 4.69) is 19.2 Å². The molecule has 4 nitrogen and oxygen atoms in total. The van der Waals surface area contributed by atoms with Gasteiger partial charge in [0, 0.05) is 37.7 Å². The van der Waals surface area contributed by atoms with Gasteiger partial charge in [0.15, 0.2) is 0 Å². The summed E-state index contributed by atoms with van der Waals surface area (Å²) in [5.41, 5.74) is 2.33. The smallest absolute Gasteiger partial charge is 0.223 e. The van der Waals surface area contributed by atoms with Gasteiger partial charge in [-0.05, 0) is 23.6 Å². The van der Waals surface area contributed by atoms with Gasteiger partial charge in [-0.2, -0.15) is 0 Å². The Kier molecular flexibility index (Phi) is 6.89. The molecule has 2 amide bonds. The van der Waals surface area contributed by atoms with Crippen molar-refractivity contribution in [2.45, 2.75) is 39.7 Å². The summed E-state index contributed by atoms with van der Waals surface area (Å²) in [6.07, 6.45) is 0.153. The Labute approximate surface area is 154 Å². The van der Waals surface area contributed by atoms with Crippen LogP contribution in [0, 0.1) is 5.82 Å². The van der Waals surface area contributed by atoms with Crippen molar-refractivity contribution < 1.29 is 14.0 Å². The van der Waals surface area contributed by atoms with Gasteiger partial charge in [-0.3, -0.25) is 9.59 Å². The molecular formula is C21H25FN2O2. The number of benzene rings is 2. The molecule has 2 aromatic carbocycles. The molecule has 2 aromatic rings. The third-order valence-electron chi connectivity index (χ3n) is 4.23.